The van der Waals surface area contributed by atoms with Gasteiger partial charge in [-0.3, -0.25) is 4.79 Å². The van der Waals surface area contributed by atoms with E-state index in [9.17, 15) is 4.79 Å². The van der Waals surface area contributed by atoms with Gasteiger partial charge in [0.25, 0.3) is 0 Å². The Labute approximate surface area is 88.1 Å². The number of oxime groups is 1. The van der Waals surface area contributed by atoms with Crippen LogP contribution < -0.4 is 0 Å². The summed E-state index contributed by atoms with van der Waals surface area (Å²) >= 11 is 8.55. The predicted molar refractivity (Wildman–Crippen MR) is 53.5 cm³/mol. The molecule has 0 fully saturated rings. The summed E-state index contributed by atoms with van der Waals surface area (Å²) in [5.74, 6) is -0.503. The van der Waals surface area contributed by atoms with Crippen LogP contribution in [0.25, 0.3) is 0 Å². The van der Waals surface area contributed by atoms with Gasteiger partial charge in [0.15, 0.2) is 0 Å². The molecule has 0 aliphatic heterocycles. The molecule has 1 aromatic carbocycles. The second-order valence-electron chi connectivity index (χ2n) is 2.23. The molecule has 0 aliphatic carbocycles. The molecule has 0 saturated heterocycles. The van der Waals surface area contributed by atoms with Gasteiger partial charge in [0, 0.05) is 10.0 Å². The molecule has 1 N–H and O–H groups in total. The average molecular weight is 262 g/mol. The molecule has 0 heterocycles. The first-order chi connectivity index (χ1) is 6.15. The fourth-order valence-corrected chi connectivity index (χ4v) is 1.14. The maximum atomic E-state index is 11.2. The van der Waals surface area contributed by atoms with Crippen molar-refractivity contribution in [2.75, 3.05) is 0 Å². The van der Waals surface area contributed by atoms with E-state index in [4.69, 9.17) is 16.8 Å². The molecule has 13 heavy (non-hydrogen) atoms. The highest BCUT2D eigenvalue weighted by molar-refractivity contribution is 9.10. The summed E-state index contributed by atoms with van der Waals surface area (Å²) in [4.78, 5) is 11.2. The maximum absolute atomic E-state index is 11.2. The second kappa shape index (κ2) is 4.39. The van der Waals surface area contributed by atoms with Gasteiger partial charge in [0.2, 0.25) is 11.0 Å². The van der Waals surface area contributed by atoms with E-state index in [1.807, 2.05) is 0 Å². The first-order valence-electron chi connectivity index (χ1n) is 3.33. The van der Waals surface area contributed by atoms with Gasteiger partial charge in [0.05, 0.1) is 0 Å². The van der Waals surface area contributed by atoms with Crippen LogP contribution in [0.5, 0.6) is 0 Å². The molecule has 1 rings (SSSR count). The molecule has 0 radical (unpaired) electrons. The first kappa shape index (κ1) is 10.2. The fraction of sp³-hybridized carbons (Fsp3) is 0. The van der Waals surface area contributed by atoms with E-state index in [2.05, 4.69) is 21.1 Å². The number of hydrogen-bond acceptors (Lipinski definition) is 3. The van der Waals surface area contributed by atoms with E-state index in [1.165, 1.54) is 0 Å². The van der Waals surface area contributed by atoms with Crippen molar-refractivity contribution in [3.05, 3.63) is 34.3 Å². The summed E-state index contributed by atoms with van der Waals surface area (Å²) in [6.07, 6.45) is 0. The minimum absolute atomic E-state index is 0.381. The van der Waals surface area contributed by atoms with Crippen molar-refractivity contribution in [3.63, 3.8) is 0 Å². The molecule has 0 spiro atoms. The molecule has 0 atom stereocenters. The van der Waals surface area contributed by atoms with Gasteiger partial charge in [-0.2, -0.15) is 0 Å². The van der Waals surface area contributed by atoms with E-state index < -0.39 is 11.0 Å². The predicted octanol–water partition coefficient (Wildman–Crippen LogP) is 2.66. The SMILES string of the molecule is O=C(C(Cl)=NO)c1ccc(Br)cc1. The van der Waals surface area contributed by atoms with Crippen molar-refractivity contribution in [3.8, 4) is 0 Å². The zero-order chi connectivity index (χ0) is 9.84. The molecule has 0 saturated carbocycles. The van der Waals surface area contributed by atoms with Crippen LogP contribution in [-0.2, 0) is 0 Å². The average Bonchev–Trinajstić information content (AvgIpc) is 2.17. The summed E-state index contributed by atoms with van der Waals surface area (Å²) in [5, 5.41) is 10.4. The van der Waals surface area contributed by atoms with Crippen molar-refractivity contribution >= 4 is 38.5 Å². The van der Waals surface area contributed by atoms with Crippen molar-refractivity contribution < 1.29 is 10.0 Å². The summed E-state index contributed by atoms with van der Waals surface area (Å²) < 4.78 is 0.862. The van der Waals surface area contributed by atoms with Crippen molar-refractivity contribution in [2.45, 2.75) is 0 Å². The van der Waals surface area contributed by atoms with Gasteiger partial charge in [-0.1, -0.05) is 32.7 Å². The van der Waals surface area contributed by atoms with E-state index >= 15 is 0 Å². The molecule has 0 unspecified atom stereocenters. The van der Waals surface area contributed by atoms with Crippen LogP contribution in [0.4, 0.5) is 0 Å². The lowest BCUT2D eigenvalue weighted by Crippen LogP contribution is -2.07. The Morgan fingerprint density at radius 3 is 2.38 bits per heavy atom. The Bertz CT molecular complexity index is 348. The first-order valence-corrected chi connectivity index (χ1v) is 4.50. The number of halogens is 2. The van der Waals surface area contributed by atoms with Crippen LogP contribution in [0.3, 0.4) is 0 Å². The standard InChI is InChI=1S/C8H5BrClNO2/c9-6-3-1-5(2-4-6)7(12)8(10)11-13/h1-4,13H. The van der Waals surface area contributed by atoms with Crippen molar-refractivity contribution in [2.24, 2.45) is 5.16 Å². The summed E-state index contributed by atoms with van der Waals surface area (Å²) in [6, 6.07) is 6.57. The van der Waals surface area contributed by atoms with E-state index in [-0.39, 0.29) is 0 Å². The molecule has 0 aromatic heterocycles. The molecule has 0 amide bonds. The highest BCUT2D eigenvalue weighted by atomic mass is 79.9. The summed E-state index contributed by atoms with van der Waals surface area (Å²) in [7, 11) is 0. The lowest BCUT2D eigenvalue weighted by Gasteiger charge is -1.96. The minimum Gasteiger partial charge on any atom is -0.410 e. The molecule has 5 heteroatoms. The fourth-order valence-electron chi connectivity index (χ4n) is 0.766. The number of nitrogens with zero attached hydrogens (tertiary/aromatic N) is 1. The lowest BCUT2D eigenvalue weighted by atomic mass is 10.1. The number of Topliss-reactive ketones (excluding diaryl/α,β-unsaturated/α-hetero) is 1. The lowest BCUT2D eigenvalue weighted by molar-refractivity contribution is 0.106. The van der Waals surface area contributed by atoms with E-state index in [1.54, 1.807) is 24.3 Å². The molecule has 3 nitrogen and oxygen atoms in total. The van der Waals surface area contributed by atoms with Crippen LogP contribution in [0.1, 0.15) is 10.4 Å². The molecule has 1 aromatic rings. The zero-order valence-electron chi connectivity index (χ0n) is 6.37. The van der Waals surface area contributed by atoms with Crippen LogP contribution in [-0.4, -0.2) is 16.2 Å². The Kier molecular flexibility index (Phi) is 3.45. The number of carbonyl (C=O) groups is 1. The molecule has 0 aliphatic rings. The third-order valence-electron chi connectivity index (χ3n) is 1.38. The maximum Gasteiger partial charge on any atom is 0.226 e. The smallest absolute Gasteiger partial charge is 0.226 e. The third kappa shape index (κ3) is 2.54. The van der Waals surface area contributed by atoms with Crippen molar-refractivity contribution in [1.82, 2.24) is 0 Å². The Balaban J connectivity index is 2.97. The van der Waals surface area contributed by atoms with Gasteiger partial charge in [-0.05, 0) is 24.3 Å². The molecular weight excluding hydrogens is 257 g/mol. The summed E-state index contributed by atoms with van der Waals surface area (Å²) in [6.45, 7) is 0. The quantitative estimate of drug-likeness (QED) is 0.385. The van der Waals surface area contributed by atoms with Gasteiger partial charge >= 0.3 is 0 Å². The molecular formula is C8H5BrClNO2. The Morgan fingerprint density at radius 1 is 1.38 bits per heavy atom. The normalized spacial score (nSPS) is 11.4. The highest BCUT2D eigenvalue weighted by Crippen LogP contribution is 2.11. The largest absolute Gasteiger partial charge is 0.410 e. The monoisotopic (exact) mass is 261 g/mol. The zero-order valence-corrected chi connectivity index (χ0v) is 8.71. The number of carbonyl (C=O) groups excluding carboxylic acids is 1. The molecule has 68 valence electrons. The third-order valence-corrected chi connectivity index (χ3v) is 2.16. The van der Waals surface area contributed by atoms with Crippen LogP contribution in [0.2, 0.25) is 0 Å². The van der Waals surface area contributed by atoms with E-state index in [0.29, 0.717) is 5.56 Å². The van der Waals surface area contributed by atoms with Crippen LogP contribution in [0, 0.1) is 0 Å². The topological polar surface area (TPSA) is 49.7 Å². The van der Waals surface area contributed by atoms with Crippen LogP contribution in [0.15, 0.2) is 33.9 Å². The van der Waals surface area contributed by atoms with Gasteiger partial charge in [-0.15, -0.1) is 0 Å². The Morgan fingerprint density at radius 2 is 1.92 bits per heavy atom. The van der Waals surface area contributed by atoms with E-state index in [0.717, 1.165) is 4.47 Å². The van der Waals surface area contributed by atoms with Gasteiger partial charge in [-0.25, -0.2) is 0 Å². The highest BCUT2D eigenvalue weighted by Gasteiger charge is 2.11. The number of ketones is 1. The molecule has 0 bridgehead atoms. The minimum atomic E-state index is -0.503. The Hall–Kier alpha value is -0.870. The second-order valence-corrected chi connectivity index (χ2v) is 3.50. The van der Waals surface area contributed by atoms with Crippen LogP contribution >= 0.6 is 27.5 Å². The number of rotatable bonds is 2. The summed E-state index contributed by atoms with van der Waals surface area (Å²) in [5.41, 5.74) is 0.381. The van der Waals surface area contributed by atoms with Gasteiger partial charge < -0.3 is 5.21 Å². The number of benzene rings is 1. The van der Waals surface area contributed by atoms with Crippen molar-refractivity contribution in [1.29, 1.82) is 0 Å². The van der Waals surface area contributed by atoms with Gasteiger partial charge in [0.1, 0.15) is 0 Å². The number of hydrogen-bond donors (Lipinski definition) is 1.